The maximum absolute atomic E-state index is 10.4. The van der Waals surface area contributed by atoms with Gasteiger partial charge in [0.1, 0.15) is 0 Å². The van der Waals surface area contributed by atoms with Gasteiger partial charge >= 0.3 is 37.7 Å². The molecule has 0 unspecified atom stereocenters. The normalized spacial score (nSPS) is 10.9. The average Bonchev–Trinajstić information content (AvgIpc) is 3.00. The third-order valence-corrected chi connectivity index (χ3v) is 11.4. The van der Waals surface area contributed by atoms with Gasteiger partial charge in [0.05, 0.1) is 0 Å². The van der Waals surface area contributed by atoms with Crippen molar-refractivity contribution in [3.05, 3.63) is 0 Å². The Morgan fingerprint density at radius 3 is 0.609 bits per heavy atom. The maximum atomic E-state index is 10.4. The zero-order valence-electron chi connectivity index (χ0n) is 30.9. The van der Waals surface area contributed by atoms with E-state index in [2.05, 4.69) is 21.6 Å². The van der Waals surface area contributed by atoms with Crippen molar-refractivity contribution in [1.29, 1.82) is 0 Å². The van der Waals surface area contributed by atoms with Crippen LogP contribution < -0.4 is 47.9 Å². The Labute approximate surface area is 318 Å². The standard InChI is InChI=1S/C38H74O4S2.2Li/c39-37(40)33-29-25-21-17-13-9-5-1-3-7-11-15-19-23-27-31-35-43-44-36-32-28-24-20-16-12-8-4-2-6-10-14-18-22-26-30-34-38(41)42;;/h1-36H2,(H,39,40)(H,41,42);;/q;2*+1/p-2. The molecule has 0 radical (unpaired) electrons. The number of unbranched alkanes of at least 4 members (excludes halogenated alkanes) is 30. The van der Waals surface area contributed by atoms with Crippen LogP contribution in [0.2, 0.25) is 0 Å². The Balaban J connectivity index is -0.00000924. The molecule has 0 atom stereocenters. The van der Waals surface area contributed by atoms with Gasteiger partial charge in [0.15, 0.2) is 0 Å². The molecule has 0 spiro atoms. The van der Waals surface area contributed by atoms with E-state index in [0.717, 1.165) is 25.7 Å². The Morgan fingerprint density at radius 2 is 0.435 bits per heavy atom. The molecule has 0 aromatic carbocycles. The Bertz CT molecular complexity index is 549. The minimum atomic E-state index is -0.905. The fourth-order valence-electron chi connectivity index (χ4n) is 5.93. The number of carbonyl (C=O) groups excluding carboxylic acids is 2. The SMILES string of the molecule is O=C([O-])CCCCCCCCCCCCCCCCCCSSCCCCCCCCCCCCCCCCCCC(=O)[O-].[Li+].[Li+]. The fourth-order valence-corrected chi connectivity index (χ4v) is 8.22. The first kappa shape index (κ1) is 51.2. The summed E-state index contributed by atoms with van der Waals surface area (Å²) in [6.45, 7) is 0. The average molecular weight is 671 g/mol. The summed E-state index contributed by atoms with van der Waals surface area (Å²) in [5, 5.41) is 20.7. The van der Waals surface area contributed by atoms with E-state index in [9.17, 15) is 19.8 Å². The van der Waals surface area contributed by atoms with E-state index in [0.29, 0.717) is 0 Å². The third kappa shape index (κ3) is 49.2. The zero-order chi connectivity index (χ0) is 32.0. The van der Waals surface area contributed by atoms with E-state index in [-0.39, 0.29) is 50.6 Å². The largest absolute Gasteiger partial charge is 1.00 e. The Kier molecular flexibility index (Phi) is 51.0. The molecule has 0 N–H and O–H groups in total. The summed E-state index contributed by atoms with van der Waals surface area (Å²) < 4.78 is 0. The first-order valence-electron chi connectivity index (χ1n) is 19.3. The van der Waals surface area contributed by atoms with Gasteiger partial charge in [0, 0.05) is 23.4 Å². The summed E-state index contributed by atoms with van der Waals surface area (Å²) in [6.07, 6.45) is 42.5. The maximum Gasteiger partial charge on any atom is 1.00 e. The predicted molar refractivity (Wildman–Crippen MR) is 192 cm³/mol. The van der Waals surface area contributed by atoms with Gasteiger partial charge in [0.2, 0.25) is 0 Å². The van der Waals surface area contributed by atoms with Crippen LogP contribution >= 0.6 is 21.6 Å². The molecule has 0 bridgehead atoms. The topological polar surface area (TPSA) is 80.3 Å². The number of rotatable bonds is 39. The summed E-state index contributed by atoms with van der Waals surface area (Å²) in [5.41, 5.74) is 0. The molecule has 0 heterocycles. The predicted octanol–water partition coefficient (Wildman–Crippen LogP) is 5.14. The summed E-state index contributed by atoms with van der Waals surface area (Å²) in [7, 11) is 4.21. The number of carbonyl (C=O) groups is 2. The van der Waals surface area contributed by atoms with Gasteiger partial charge in [-0.15, -0.1) is 0 Å². The smallest absolute Gasteiger partial charge is 0.550 e. The van der Waals surface area contributed by atoms with Crippen molar-refractivity contribution in [2.24, 2.45) is 0 Å². The van der Waals surface area contributed by atoms with Crippen LogP contribution in [-0.4, -0.2) is 23.4 Å². The molecule has 0 aliphatic carbocycles. The van der Waals surface area contributed by atoms with Crippen molar-refractivity contribution in [1.82, 2.24) is 0 Å². The summed E-state index contributed by atoms with van der Waals surface area (Å²) in [4.78, 5) is 20.7. The molecule has 0 rings (SSSR count). The van der Waals surface area contributed by atoms with Crippen molar-refractivity contribution in [3.63, 3.8) is 0 Å². The second-order valence-electron chi connectivity index (χ2n) is 13.2. The van der Waals surface area contributed by atoms with Crippen LogP contribution in [0.5, 0.6) is 0 Å². The number of carboxylic acids is 2. The van der Waals surface area contributed by atoms with Crippen LogP contribution in [0.4, 0.5) is 0 Å². The van der Waals surface area contributed by atoms with Crippen molar-refractivity contribution < 1.29 is 57.5 Å². The van der Waals surface area contributed by atoms with Crippen LogP contribution in [0.1, 0.15) is 218 Å². The number of hydrogen-bond donors (Lipinski definition) is 0. The summed E-state index contributed by atoms with van der Waals surface area (Å²) in [5.74, 6) is 0.852. The molecule has 262 valence electrons. The number of hydrogen-bond acceptors (Lipinski definition) is 6. The molecule has 0 fully saturated rings. The van der Waals surface area contributed by atoms with Crippen LogP contribution in [-0.2, 0) is 9.59 Å². The van der Waals surface area contributed by atoms with Gasteiger partial charge in [-0.05, 0) is 38.5 Å². The van der Waals surface area contributed by atoms with Crippen molar-refractivity contribution in [2.45, 2.75) is 218 Å². The minimum Gasteiger partial charge on any atom is -0.550 e. The second kappa shape index (κ2) is 45.8. The molecule has 4 nitrogen and oxygen atoms in total. The van der Waals surface area contributed by atoms with Crippen LogP contribution in [0.25, 0.3) is 0 Å². The molecule has 46 heavy (non-hydrogen) atoms. The van der Waals surface area contributed by atoms with Crippen molar-refractivity contribution >= 4 is 33.5 Å². The Morgan fingerprint density at radius 1 is 0.283 bits per heavy atom. The van der Waals surface area contributed by atoms with Gasteiger partial charge < -0.3 is 19.8 Å². The van der Waals surface area contributed by atoms with E-state index in [1.165, 1.54) is 191 Å². The molecule has 0 aromatic rings. The Hall–Kier alpha value is 0.835. The van der Waals surface area contributed by atoms with Gasteiger partial charge in [0.25, 0.3) is 0 Å². The first-order valence-corrected chi connectivity index (χ1v) is 21.8. The molecule has 0 saturated carbocycles. The monoisotopic (exact) mass is 671 g/mol. The quantitative estimate of drug-likeness (QED) is 0.0512. The van der Waals surface area contributed by atoms with Crippen molar-refractivity contribution in [3.8, 4) is 0 Å². The van der Waals surface area contributed by atoms with E-state index < -0.39 is 11.9 Å². The molecule has 0 saturated heterocycles. The van der Waals surface area contributed by atoms with Crippen molar-refractivity contribution in [2.75, 3.05) is 11.5 Å². The van der Waals surface area contributed by atoms with Gasteiger partial charge in [-0.25, -0.2) is 0 Å². The zero-order valence-corrected chi connectivity index (χ0v) is 32.5. The molecule has 0 aliphatic heterocycles. The van der Waals surface area contributed by atoms with E-state index in [1.54, 1.807) is 0 Å². The number of aliphatic carboxylic acids is 2. The van der Waals surface area contributed by atoms with Crippen LogP contribution in [0.15, 0.2) is 0 Å². The molecule has 0 aromatic heterocycles. The van der Waals surface area contributed by atoms with Gasteiger partial charge in [-0.2, -0.15) is 0 Å². The number of carboxylic acid groups (broad SMARTS) is 2. The van der Waals surface area contributed by atoms with Crippen LogP contribution in [0, 0.1) is 0 Å². The van der Waals surface area contributed by atoms with E-state index >= 15 is 0 Å². The molecular formula is C38H72Li2O4S2. The van der Waals surface area contributed by atoms with Gasteiger partial charge in [-0.1, -0.05) is 201 Å². The minimum absolute atomic E-state index is 0. The van der Waals surface area contributed by atoms with Crippen LogP contribution in [0.3, 0.4) is 0 Å². The van der Waals surface area contributed by atoms with Gasteiger partial charge in [-0.3, -0.25) is 0 Å². The first-order chi connectivity index (χ1) is 21.6. The van der Waals surface area contributed by atoms with E-state index in [4.69, 9.17) is 0 Å². The molecular weight excluding hydrogens is 598 g/mol. The molecule has 8 heteroatoms. The summed E-state index contributed by atoms with van der Waals surface area (Å²) >= 11 is 0. The molecule has 0 aliphatic rings. The fraction of sp³-hybridized carbons (Fsp3) is 0.947. The second-order valence-corrected chi connectivity index (χ2v) is 15.9. The summed E-state index contributed by atoms with van der Waals surface area (Å²) in [6, 6.07) is 0. The third-order valence-electron chi connectivity index (χ3n) is 8.80. The molecule has 0 amide bonds. The van der Waals surface area contributed by atoms with E-state index in [1.807, 2.05) is 0 Å².